The van der Waals surface area contributed by atoms with Crippen LogP contribution in [-0.2, 0) is 9.53 Å². The van der Waals surface area contributed by atoms with E-state index in [4.69, 9.17) is 9.47 Å². The van der Waals surface area contributed by atoms with Gasteiger partial charge in [-0.2, -0.15) is 0 Å². The zero-order valence-electron chi connectivity index (χ0n) is 15.7. The standard InChI is InChI=1S/C20H31NO4/c1-4-24-20(23)16-9-11-21(12-10-16)13-17(22)14-25-19-8-6-5-7-18(19)15(2)3/h5-8,15-17,22H,4,9-14H2,1-3H3/p+1/t17-/m1/s1. The highest BCUT2D eigenvalue weighted by atomic mass is 16.5. The Morgan fingerprint density at radius 1 is 1.28 bits per heavy atom. The van der Waals surface area contributed by atoms with Gasteiger partial charge in [-0.1, -0.05) is 32.0 Å². The molecule has 2 N–H and O–H groups in total. The summed E-state index contributed by atoms with van der Waals surface area (Å²) in [5.74, 6) is 1.19. The molecule has 0 amide bonds. The lowest BCUT2D eigenvalue weighted by molar-refractivity contribution is -0.908. The molecule has 0 aromatic heterocycles. The molecule has 1 heterocycles. The maximum absolute atomic E-state index is 11.8. The van der Waals surface area contributed by atoms with Crippen LogP contribution in [0.2, 0.25) is 0 Å². The van der Waals surface area contributed by atoms with Crippen LogP contribution in [0.15, 0.2) is 24.3 Å². The van der Waals surface area contributed by atoms with Gasteiger partial charge in [0.05, 0.1) is 25.6 Å². The number of piperidine rings is 1. The highest BCUT2D eigenvalue weighted by molar-refractivity contribution is 5.72. The van der Waals surface area contributed by atoms with E-state index < -0.39 is 6.10 Å². The average molecular weight is 350 g/mol. The normalized spacial score (nSPS) is 21.8. The molecule has 1 aromatic rings. The summed E-state index contributed by atoms with van der Waals surface area (Å²) in [6.07, 6.45) is 1.16. The molecule has 0 bridgehead atoms. The molecule has 1 fully saturated rings. The number of rotatable bonds is 8. The van der Waals surface area contributed by atoms with E-state index in [-0.39, 0.29) is 11.9 Å². The lowest BCUT2D eigenvalue weighted by Gasteiger charge is -2.29. The third-order valence-electron chi connectivity index (χ3n) is 4.81. The Balaban J connectivity index is 1.75. The summed E-state index contributed by atoms with van der Waals surface area (Å²) < 4.78 is 11.0. The van der Waals surface area contributed by atoms with E-state index in [0.717, 1.165) is 37.2 Å². The van der Waals surface area contributed by atoms with Crippen LogP contribution >= 0.6 is 0 Å². The van der Waals surface area contributed by atoms with Gasteiger partial charge >= 0.3 is 5.97 Å². The quantitative estimate of drug-likeness (QED) is 0.696. The van der Waals surface area contributed by atoms with Crippen LogP contribution in [0.4, 0.5) is 0 Å². The van der Waals surface area contributed by atoms with Crippen molar-refractivity contribution in [3.05, 3.63) is 29.8 Å². The summed E-state index contributed by atoms with van der Waals surface area (Å²) in [5.41, 5.74) is 1.16. The van der Waals surface area contributed by atoms with Crippen LogP contribution in [0.3, 0.4) is 0 Å². The Morgan fingerprint density at radius 2 is 1.96 bits per heavy atom. The second-order valence-corrected chi connectivity index (χ2v) is 7.14. The van der Waals surface area contributed by atoms with Crippen LogP contribution in [0, 0.1) is 5.92 Å². The Kier molecular flexibility index (Phi) is 7.72. The summed E-state index contributed by atoms with van der Waals surface area (Å²) in [5, 5.41) is 10.3. The fourth-order valence-electron chi connectivity index (χ4n) is 3.39. The smallest absolute Gasteiger partial charge is 0.309 e. The molecule has 0 saturated carbocycles. The molecule has 1 aliphatic rings. The number of para-hydroxylation sites is 1. The van der Waals surface area contributed by atoms with Crippen molar-refractivity contribution in [2.24, 2.45) is 5.92 Å². The van der Waals surface area contributed by atoms with E-state index in [9.17, 15) is 9.90 Å². The molecule has 1 aromatic carbocycles. The molecule has 140 valence electrons. The number of ether oxygens (including phenoxy) is 2. The summed E-state index contributed by atoms with van der Waals surface area (Å²) in [4.78, 5) is 13.1. The fourth-order valence-corrected chi connectivity index (χ4v) is 3.39. The molecular formula is C20H32NO4+. The Labute approximate surface area is 150 Å². The number of hydrogen-bond acceptors (Lipinski definition) is 4. The van der Waals surface area contributed by atoms with Crippen molar-refractivity contribution < 1.29 is 24.3 Å². The van der Waals surface area contributed by atoms with E-state index in [1.807, 2.05) is 25.1 Å². The van der Waals surface area contributed by atoms with E-state index in [0.29, 0.717) is 25.7 Å². The third-order valence-corrected chi connectivity index (χ3v) is 4.81. The number of carbonyl (C=O) groups is 1. The second-order valence-electron chi connectivity index (χ2n) is 7.14. The van der Waals surface area contributed by atoms with E-state index >= 15 is 0 Å². The Hall–Kier alpha value is -1.59. The molecule has 5 nitrogen and oxygen atoms in total. The molecule has 25 heavy (non-hydrogen) atoms. The first-order valence-corrected chi connectivity index (χ1v) is 9.41. The number of aliphatic hydroxyl groups excluding tert-OH is 1. The van der Waals surface area contributed by atoms with Crippen molar-refractivity contribution in [1.29, 1.82) is 0 Å². The minimum absolute atomic E-state index is 0.0232. The molecule has 0 spiro atoms. The predicted octanol–water partition coefficient (Wildman–Crippen LogP) is 1.41. The summed E-state index contributed by atoms with van der Waals surface area (Å²) >= 11 is 0. The number of nitrogens with one attached hydrogen (secondary N) is 1. The number of carbonyl (C=O) groups excluding carboxylic acids is 1. The number of aliphatic hydroxyl groups is 1. The van der Waals surface area contributed by atoms with Gasteiger partial charge in [-0.05, 0) is 24.5 Å². The van der Waals surface area contributed by atoms with Gasteiger partial charge in [0.2, 0.25) is 0 Å². The monoisotopic (exact) mass is 350 g/mol. The maximum Gasteiger partial charge on any atom is 0.309 e. The van der Waals surface area contributed by atoms with Gasteiger partial charge < -0.3 is 19.5 Å². The minimum atomic E-state index is -0.505. The van der Waals surface area contributed by atoms with Crippen molar-refractivity contribution in [2.75, 3.05) is 32.8 Å². The molecule has 0 aliphatic carbocycles. The topological polar surface area (TPSA) is 60.2 Å². The Bertz CT molecular complexity index is 538. The molecule has 5 heteroatoms. The van der Waals surface area contributed by atoms with Gasteiger partial charge in [-0.25, -0.2) is 0 Å². The second kappa shape index (κ2) is 9.78. The first-order valence-electron chi connectivity index (χ1n) is 9.41. The number of likely N-dealkylation sites (tertiary alicyclic amines) is 1. The van der Waals surface area contributed by atoms with Crippen molar-refractivity contribution in [3.63, 3.8) is 0 Å². The van der Waals surface area contributed by atoms with Gasteiger partial charge in [-0.15, -0.1) is 0 Å². The van der Waals surface area contributed by atoms with Crippen molar-refractivity contribution in [3.8, 4) is 5.75 Å². The lowest BCUT2D eigenvalue weighted by atomic mass is 9.97. The van der Waals surface area contributed by atoms with Crippen LogP contribution in [-0.4, -0.2) is 50.0 Å². The highest BCUT2D eigenvalue weighted by Crippen LogP contribution is 2.25. The number of quaternary nitrogens is 1. The average Bonchev–Trinajstić information content (AvgIpc) is 2.61. The summed E-state index contributed by atoms with van der Waals surface area (Å²) in [6.45, 7) is 9.29. The first kappa shape index (κ1) is 19.7. The first-order chi connectivity index (χ1) is 12.0. The highest BCUT2D eigenvalue weighted by Gasteiger charge is 2.29. The van der Waals surface area contributed by atoms with E-state index in [2.05, 4.69) is 19.9 Å². The van der Waals surface area contributed by atoms with Crippen molar-refractivity contribution in [1.82, 2.24) is 0 Å². The minimum Gasteiger partial charge on any atom is -0.490 e. The fraction of sp³-hybridized carbons (Fsp3) is 0.650. The van der Waals surface area contributed by atoms with E-state index in [1.54, 1.807) is 0 Å². The van der Waals surface area contributed by atoms with Gasteiger partial charge in [0, 0.05) is 12.8 Å². The van der Waals surface area contributed by atoms with E-state index in [1.165, 1.54) is 4.90 Å². The SMILES string of the molecule is CCOC(=O)C1CC[NH+](C[C@@H](O)COc2ccccc2C(C)C)CC1. The summed E-state index contributed by atoms with van der Waals surface area (Å²) in [7, 11) is 0. The third kappa shape index (κ3) is 6.01. The largest absolute Gasteiger partial charge is 0.490 e. The van der Waals surface area contributed by atoms with Gasteiger partial charge in [-0.3, -0.25) is 4.79 Å². The van der Waals surface area contributed by atoms with Crippen LogP contribution in [0.5, 0.6) is 5.75 Å². The van der Waals surface area contributed by atoms with Crippen molar-refractivity contribution in [2.45, 2.75) is 45.6 Å². The zero-order chi connectivity index (χ0) is 18.2. The zero-order valence-corrected chi connectivity index (χ0v) is 15.7. The lowest BCUT2D eigenvalue weighted by Crippen LogP contribution is -3.14. The van der Waals surface area contributed by atoms with Crippen LogP contribution in [0.1, 0.15) is 45.1 Å². The number of benzene rings is 1. The molecule has 0 unspecified atom stereocenters. The number of esters is 1. The molecular weight excluding hydrogens is 318 g/mol. The maximum atomic E-state index is 11.8. The van der Waals surface area contributed by atoms with Gasteiger partial charge in [0.15, 0.2) is 0 Å². The van der Waals surface area contributed by atoms with Crippen molar-refractivity contribution >= 4 is 5.97 Å². The molecule has 1 aliphatic heterocycles. The molecule has 1 atom stereocenters. The molecule has 1 saturated heterocycles. The van der Waals surface area contributed by atoms with Crippen LogP contribution < -0.4 is 9.64 Å². The predicted molar refractivity (Wildman–Crippen MR) is 97.0 cm³/mol. The molecule has 2 rings (SSSR count). The Morgan fingerprint density at radius 3 is 2.60 bits per heavy atom. The number of hydrogen-bond donors (Lipinski definition) is 2. The van der Waals surface area contributed by atoms with Gasteiger partial charge in [0.1, 0.15) is 25.0 Å². The van der Waals surface area contributed by atoms with Gasteiger partial charge in [0.25, 0.3) is 0 Å². The summed E-state index contributed by atoms with van der Waals surface area (Å²) in [6, 6.07) is 7.99. The molecule has 0 radical (unpaired) electrons. The van der Waals surface area contributed by atoms with Crippen LogP contribution in [0.25, 0.3) is 0 Å².